The number of allylic oxidation sites excluding steroid dienone is 1. The van der Waals surface area contributed by atoms with Crippen LogP contribution in [0.1, 0.15) is 5.82 Å². The zero-order chi connectivity index (χ0) is 16.7. The number of H-pyrrole nitrogens is 1. The summed E-state index contributed by atoms with van der Waals surface area (Å²) in [5.41, 5.74) is 1.13. The van der Waals surface area contributed by atoms with Gasteiger partial charge in [-0.2, -0.15) is 10.5 Å². The summed E-state index contributed by atoms with van der Waals surface area (Å²) in [6, 6.07) is 9.53. The molecular weight excluding hydrogens is 294 g/mol. The van der Waals surface area contributed by atoms with Crippen LogP contribution < -0.4 is 10.1 Å². The van der Waals surface area contributed by atoms with Crippen molar-refractivity contribution in [2.45, 2.75) is 0 Å². The molecule has 1 heterocycles. The summed E-state index contributed by atoms with van der Waals surface area (Å²) in [5, 5.41) is 25.4. The fraction of sp³-hybridized carbons (Fsp3) is 0.333. The van der Waals surface area contributed by atoms with Crippen molar-refractivity contribution in [1.29, 1.82) is 5.26 Å². The smallest absolute Gasteiger partial charge is 0.216 e. The monoisotopic (exact) mass is 314 g/mol. The summed E-state index contributed by atoms with van der Waals surface area (Å²) in [6.45, 7) is 1.59. The van der Waals surface area contributed by atoms with Gasteiger partial charge in [0, 0.05) is 11.9 Å². The van der Waals surface area contributed by atoms with Crippen molar-refractivity contribution in [1.82, 2.24) is 20.6 Å². The molecule has 1 aromatic carbocycles. The molecule has 0 aliphatic carbocycles. The first-order valence-electron chi connectivity index (χ1n) is 7.12. The Morgan fingerprint density at radius 1 is 1.35 bits per heavy atom. The van der Waals surface area contributed by atoms with E-state index in [2.05, 4.69) is 47.1 Å². The van der Waals surface area contributed by atoms with E-state index in [0.717, 1.165) is 22.5 Å². The van der Waals surface area contributed by atoms with E-state index in [4.69, 9.17) is 10.00 Å². The highest BCUT2D eigenvalue weighted by Crippen LogP contribution is 2.16. The van der Waals surface area contributed by atoms with E-state index in [9.17, 15) is 0 Å². The molecule has 0 saturated carbocycles. The topological polar surface area (TPSA) is 99.5 Å². The number of aromatic nitrogens is 4. The van der Waals surface area contributed by atoms with E-state index in [1.807, 2.05) is 30.3 Å². The van der Waals surface area contributed by atoms with Gasteiger partial charge < -0.3 is 14.5 Å². The van der Waals surface area contributed by atoms with Crippen LogP contribution in [0.25, 0.3) is 5.57 Å². The lowest BCUT2D eigenvalue weighted by Crippen LogP contribution is -2.38. The van der Waals surface area contributed by atoms with Crippen molar-refractivity contribution >= 4 is 11.3 Å². The molecule has 8 heteroatoms. The van der Waals surface area contributed by atoms with Crippen LogP contribution in [0.15, 0.2) is 30.5 Å². The molecule has 0 unspecified atom stereocenters. The molecule has 0 fully saturated rings. The second-order valence-corrected chi connectivity index (χ2v) is 5.94. The van der Waals surface area contributed by atoms with E-state index in [0.29, 0.717) is 12.2 Å². The maximum Gasteiger partial charge on any atom is 0.216 e. The molecule has 2 N–H and O–H groups in total. The van der Waals surface area contributed by atoms with Gasteiger partial charge in [-0.05, 0) is 29.5 Å². The largest absolute Gasteiger partial charge is 0.488 e. The fourth-order valence-electron chi connectivity index (χ4n) is 1.66. The number of benzene rings is 1. The summed E-state index contributed by atoms with van der Waals surface area (Å²) in [7, 11) is 6.37. The maximum atomic E-state index is 9.08. The van der Waals surface area contributed by atoms with Gasteiger partial charge in [0.2, 0.25) is 5.82 Å². The summed E-state index contributed by atoms with van der Waals surface area (Å²) >= 11 is 0. The molecule has 1 aromatic heterocycles. The third-order valence-electron chi connectivity index (χ3n) is 2.98. The van der Waals surface area contributed by atoms with Crippen LogP contribution in [-0.4, -0.2) is 59.4 Å². The van der Waals surface area contributed by atoms with E-state index in [1.165, 1.54) is 6.20 Å². The van der Waals surface area contributed by atoms with Crippen molar-refractivity contribution in [2.75, 3.05) is 39.6 Å². The van der Waals surface area contributed by atoms with Crippen LogP contribution in [0, 0.1) is 11.3 Å². The predicted molar refractivity (Wildman–Crippen MR) is 86.2 cm³/mol. The molecule has 2 rings (SSSR count). The second-order valence-electron chi connectivity index (χ2n) is 5.94. The van der Waals surface area contributed by atoms with Crippen LogP contribution in [0.2, 0.25) is 0 Å². The Kier molecular flexibility index (Phi) is 5.28. The third kappa shape index (κ3) is 5.41. The van der Waals surface area contributed by atoms with Crippen molar-refractivity contribution in [3.8, 4) is 11.8 Å². The molecule has 0 aliphatic rings. The van der Waals surface area contributed by atoms with Crippen LogP contribution in [-0.2, 0) is 0 Å². The fourth-order valence-corrected chi connectivity index (χ4v) is 1.66. The number of quaternary nitrogens is 1. The maximum absolute atomic E-state index is 9.08. The average molecular weight is 314 g/mol. The Morgan fingerprint density at radius 2 is 2.09 bits per heavy atom. The van der Waals surface area contributed by atoms with Crippen LogP contribution >= 0.6 is 0 Å². The first kappa shape index (κ1) is 16.5. The van der Waals surface area contributed by atoms with Gasteiger partial charge in [0.05, 0.1) is 21.1 Å². The number of rotatable bonds is 7. The Morgan fingerprint density at radius 3 is 2.65 bits per heavy atom. The van der Waals surface area contributed by atoms with Crippen LogP contribution in [0.4, 0.5) is 5.69 Å². The van der Waals surface area contributed by atoms with Crippen LogP contribution in [0.5, 0.6) is 5.75 Å². The van der Waals surface area contributed by atoms with E-state index in [1.54, 1.807) is 0 Å². The first-order valence-corrected chi connectivity index (χ1v) is 7.12. The Bertz CT molecular complexity index is 678. The van der Waals surface area contributed by atoms with Crippen molar-refractivity contribution in [3.63, 3.8) is 0 Å². The molecule has 0 aliphatic heterocycles. The number of nitrogens with zero attached hydrogens (tertiary/aromatic N) is 5. The quantitative estimate of drug-likeness (QED) is 0.589. The van der Waals surface area contributed by atoms with Gasteiger partial charge in [0.1, 0.15) is 30.5 Å². The van der Waals surface area contributed by atoms with Gasteiger partial charge >= 0.3 is 0 Å². The van der Waals surface area contributed by atoms with E-state index >= 15 is 0 Å². The van der Waals surface area contributed by atoms with Gasteiger partial charge in [-0.3, -0.25) is 0 Å². The Labute approximate surface area is 135 Å². The van der Waals surface area contributed by atoms with Crippen molar-refractivity contribution < 1.29 is 9.22 Å². The van der Waals surface area contributed by atoms with Gasteiger partial charge in [0.15, 0.2) is 0 Å². The minimum absolute atomic E-state index is 0.250. The van der Waals surface area contributed by atoms with Gasteiger partial charge in [-0.25, -0.2) is 0 Å². The lowest BCUT2D eigenvalue weighted by molar-refractivity contribution is -0.870. The SMILES string of the molecule is C[N+](C)(C)CCOc1ccc(NC=C(C#N)c2nn[nH]n2)cc1. The zero-order valence-corrected chi connectivity index (χ0v) is 13.4. The minimum Gasteiger partial charge on any atom is -0.488 e. The number of aromatic amines is 1. The highest BCUT2D eigenvalue weighted by atomic mass is 16.5. The molecule has 2 aromatic rings. The lowest BCUT2D eigenvalue weighted by Gasteiger charge is -2.23. The molecule has 0 spiro atoms. The molecule has 0 bridgehead atoms. The molecule has 0 amide bonds. The molecule has 120 valence electrons. The van der Waals surface area contributed by atoms with Gasteiger partial charge in [0.25, 0.3) is 0 Å². The summed E-state index contributed by atoms with van der Waals surface area (Å²) in [4.78, 5) is 0. The average Bonchev–Trinajstić information content (AvgIpc) is 3.02. The molecule has 23 heavy (non-hydrogen) atoms. The Hall–Kier alpha value is -2.92. The number of ether oxygens (including phenoxy) is 1. The highest BCUT2D eigenvalue weighted by Gasteiger charge is 2.07. The summed E-state index contributed by atoms with van der Waals surface area (Å²) < 4.78 is 6.56. The predicted octanol–water partition coefficient (Wildman–Crippen LogP) is 1.26. The minimum atomic E-state index is 0.250. The number of tetrazole rings is 1. The number of anilines is 1. The molecule has 0 saturated heterocycles. The molecule has 8 nitrogen and oxygen atoms in total. The third-order valence-corrected chi connectivity index (χ3v) is 2.98. The van der Waals surface area contributed by atoms with Crippen LogP contribution in [0.3, 0.4) is 0 Å². The van der Waals surface area contributed by atoms with Crippen molar-refractivity contribution in [2.24, 2.45) is 0 Å². The first-order chi connectivity index (χ1) is 11.0. The second kappa shape index (κ2) is 7.38. The summed E-state index contributed by atoms with van der Waals surface area (Å²) in [5.74, 6) is 1.06. The number of hydrogen-bond donors (Lipinski definition) is 2. The number of likely N-dealkylation sites (N-methyl/N-ethyl adjacent to an activating group) is 1. The molecular formula is C15H20N7O+. The van der Waals surface area contributed by atoms with Crippen molar-refractivity contribution in [3.05, 3.63) is 36.3 Å². The molecule has 0 atom stereocenters. The van der Waals surface area contributed by atoms with E-state index in [-0.39, 0.29) is 5.82 Å². The summed E-state index contributed by atoms with van der Waals surface area (Å²) in [6.07, 6.45) is 1.54. The molecule has 0 radical (unpaired) electrons. The lowest BCUT2D eigenvalue weighted by atomic mass is 10.3. The van der Waals surface area contributed by atoms with Gasteiger partial charge in [-0.1, -0.05) is 0 Å². The number of nitriles is 1. The van der Waals surface area contributed by atoms with Gasteiger partial charge in [-0.15, -0.1) is 10.2 Å². The number of nitrogens with one attached hydrogen (secondary N) is 2. The van der Waals surface area contributed by atoms with E-state index < -0.39 is 0 Å². The Balaban J connectivity index is 1.91. The highest BCUT2D eigenvalue weighted by molar-refractivity contribution is 5.74. The zero-order valence-electron chi connectivity index (χ0n) is 13.4. The normalized spacial score (nSPS) is 11.8. The number of hydrogen-bond acceptors (Lipinski definition) is 6. The standard InChI is InChI=1S/C15H20N7O/c1-22(2,3)8-9-23-14-6-4-13(5-7-14)17-11-12(10-16)15-18-20-21-19-15/h4-7,11,17H,8-9H2,1-3H3,(H,18,19,20,21)/q+1.